The molecule has 0 unspecified atom stereocenters. The molecule has 0 atom stereocenters. The van der Waals surface area contributed by atoms with Gasteiger partial charge in [-0.1, -0.05) is 30.3 Å². The van der Waals surface area contributed by atoms with Crippen molar-refractivity contribution in [2.75, 3.05) is 13.2 Å². The first-order valence-corrected chi connectivity index (χ1v) is 8.33. The van der Waals surface area contributed by atoms with Crippen molar-refractivity contribution in [1.29, 1.82) is 0 Å². The first kappa shape index (κ1) is 19.9. The van der Waals surface area contributed by atoms with Crippen molar-refractivity contribution in [3.05, 3.63) is 54.1 Å². The molecule has 0 saturated carbocycles. The van der Waals surface area contributed by atoms with Crippen molar-refractivity contribution in [2.24, 2.45) is 5.73 Å². The monoisotopic (exact) mass is 371 g/mol. The van der Waals surface area contributed by atoms with E-state index in [4.69, 9.17) is 15.7 Å². The van der Waals surface area contributed by atoms with Crippen molar-refractivity contribution >= 4 is 17.7 Å². The normalized spacial score (nSPS) is 10.1. The molecule has 142 valence electrons. The molecular weight excluding hydrogens is 350 g/mol. The van der Waals surface area contributed by atoms with Gasteiger partial charge in [-0.25, -0.2) is 5.48 Å². The number of hydrogen-bond acceptors (Lipinski definition) is 5. The van der Waals surface area contributed by atoms with E-state index in [1.807, 2.05) is 30.3 Å². The summed E-state index contributed by atoms with van der Waals surface area (Å²) in [6, 6.07) is 14.3. The van der Waals surface area contributed by atoms with Gasteiger partial charge in [0, 0.05) is 24.1 Å². The van der Waals surface area contributed by atoms with E-state index in [2.05, 4.69) is 5.32 Å². The summed E-state index contributed by atoms with van der Waals surface area (Å²) >= 11 is 0. The Kier molecular flexibility index (Phi) is 7.33. The SMILES string of the molecule is NC(=O)COc1cc(C(=O)NCCCC(=O)NO)ccc1-c1ccccc1. The lowest BCUT2D eigenvalue weighted by molar-refractivity contribution is -0.129. The van der Waals surface area contributed by atoms with Crippen LogP contribution < -0.4 is 21.3 Å². The number of nitrogens with one attached hydrogen (secondary N) is 2. The number of nitrogens with two attached hydrogens (primary N) is 1. The van der Waals surface area contributed by atoms with E-state index in [1.54, 1.807) is 18.2 Å². The van der Waals surface area contributed by atoms with Crippen molar-refractivity contribution < 1.29 is 24.3 Å². The van der Waals surface area contributed by atoms with Crippen LogP contribution in [0.4, 0.5) is 0 Å². The van der Waals surface area contributed by atoms with Gasteiger partial charge in [-0.05, 0) is 30.2 Å². The van der Waals surface area contributed by atoms with Gasteiger partial charge in [0.15, 0.2) is 6.61 Å². The lowest BCUT2D eigenvalue weighted by Crippen LogP contribution is -2.26. The van der Waals surface area contributed by atoms with Crippen LogP contribution in [0.5, 0.6) is 5.75 Å². The fraction of sp³-hybridized carbons (Fsp3) is 0.211. The topological polar surface area (TPSA) is 131 Å². The third-order valence-electron chi connectivity index (χ3n) is 3.69. The van der Waals surface area contributed by atoms with Crippen LogP contribution in [0.2, 0.25) is 0 Å². The van der Waals surface area contributed by atoms with E-state index in [9.17, 15) is 14.4 Å². The Balaban J connectivity index is 2.13. The molecule has 5 N–H and O–H groups in total. The molecule has 2 aromatic carbocycles. The summed E-state index contributed by atoms with van der Waals surface area (Å²) in [5.41, 5.74) is 8.63. The van der Waals surface area contributed by atoms with E-state index < -0.39 is 11.8 Å². The molecule has 27 heavy (non-hydrogen) atoms. The number of ether oxygens (including phenoxy) is 1. The Morgan fingerprint density at radius 1 is 1.07 bits per heavy atom. The summed E-state index contributed by atoms with van der Waals surface area (Å²) in [4.78, 5) is 34.3. The maximum Gasteiger partial charge on any atom is 0.255 e. The third kappa shape index (κ3) is 6.12. The van der Waals surface area contributed by atoms with E-state index in [0.29, 0.717) is 17.7 Å². The van der Waals surface area contributed by atoms with Crippen molar-refractivity contribution in [3.63, 3.8) is 0 Å². The highest BCUT2D eigenvalue weighted by Crippen LogP contribution is 2.31. The molecule has 0 radical (unpaired) electrons. The number of hydroxylamine groups is 1. The Bertz CT molecular complexity index is 808. The molecule has 8 nitrogen and oxygen atoms in total. The van der Waals surface area contributed by atoms with Crippen LogP contribution in [0.25, 0.3) is 11.1 Å². The Morgan fingerprint density at radius 2 is 1.81 bits per heavy atom. The first-order valence-electron chi connectivity index (χ1n) is 8.33. The minimum Gasteiger partial charge on any atom is -0.483 e. The Morgan fingerprint density at radius 3 is 2.48 bits per heavy atom. The molecule has 0 spiro atoms. The van der Waals surface area contributed by atoms with Crippen LogP contribution in [0.15, 0.2) is 48.5 Å². The van der Waals surface area contributed by atoms with Crippen LogP contribution in [0, 0.1) is 0 Å². The number of rotatable bonds is 9. The number of primary amides is 1. The van der Waals surface area contributed by atoms with Gasteiger partial charge in [0.2, 0.25) is 5.91 Å². The average molecular weight is 371 g/mol. The van der Waals surface area contributed by atoms with Gasteiger partial charge in [-0.3, -0.25) is 19.6 Å². The van der Waals surface area contributed by atoms with Crippen LogP contribution in [-0.2, 0) is 9.59 Å². The third-order valence-corrected chi connectivity index (χ3v) is 3.69. The van der Waals surface area contributed by atoms with Crippen LogP contribution in [0.1, 0.15) is 23.2 Å². The molecule has 0 fully saturated rings. The summed E-state index contributed by atoms with van der Waals surface area (Å²) in [6.07, 6.45) is 0.474. The molecular formula is C19H21N3O5. The second kappa shape index (κ2) is 9.93. The van der Waals surface area contributed by atoms with Crippen molar-refractivity contribution in [3.8, 4) is 16.9 Å². The molecule has 0 aliphatic carbocycles. The minimum atomic E-state index is -0.619. The molecule has 0 bridgehead atoms. The predicted octanol–water partition coefficient (Wildman–Crippen LogP) is 1.23. The van der Waals surface area contributed by atoms with Gasteiger partial charge in [0.25, 0.3) is 11.8 Å². The fourth-order valence-corrected chi connectivity index (χ4v) is 2.40. The highest BCUT2D eigenvalue weighted by atomic mass is 16.5. The molecule has 3 amide bonds. The molecule has 2 aromatic rings. The van der Waals surface area contributed by atoms with Crippen LogP contribution in [0.3, 0.4) is 0 Å². The highest BCUT2D eigenvalue weighted by Gasteiger charge is 2.13. The number of amides is 3. The lowest BCUT2D eigenvalue weighted by atomic mass is 10.0. The zero-order valence-corrected chi connectivity index (χ0v) is 14.6. The second-order valence-corrected chi connectivity index (χ2v) is 5.73. The van der Waals surface area contributed by atoms with Gasteiger partial charge in [0.1, 0.15) is 5.75 Å². The summed E-state index contributed by atoms with van der Waals surface area (Å²) < 4.78 is 5.48. The number of hydrogen-bond donors (Lipinski definition) is 4. The molecule has 8 heteroatoms. The van der Waals surface area contributed by atoms with Crippen molar-refractivity contribution in [1.82, 2.24) is 10.8 Å². The van der Waals surface area contributed by atoms with E-state index in [-0.39, 0.29) is 25.5 Å². The maximum absolute atomic E-state index is 12.3. The summed E-state index contributed by atoms with van der Waals surface area (Å²) in [5.74, 6) is -1.11. The quantitative estimate of drug-likeness (QED) is 0.299. The molecule has 0 saturated heterocycles. The van der Waals surface area contributed by atoms with E-state index in [1.165, 1.54) is 5.48 Å². The fourth-order valence-electron chi connectivity index (χ4n) is 2.40. The van der Waals surface area contributed by atoms with Crippen molar-refractivity contribution in [2.45, 2.75) is 12.8 Å². The zero-order valence-electron chi connectivity index (χ0n) is 14.6. The highest BCUT2D eigenvalue weighted by molar-refractivity contribution is 5.95. The maximum atomic E-state index is 12.3. The molecule has 0 aliphatic heterocycles. The van der Waals surface area contributed by atoms with E-state index in [0.717, 1.165) is 11.1 Å². The number of carbonyl (C=O) groups is 3. The van der Waals surface area contributed by atoms with E-state index >= 15 is 0 Å². The molecule has 2 rings (SSSR count). The van der Waals surface area contributed by atoms with Gasteiger partial charge in [-0.15, -0.1) is 0 Å². The predicted molar refractivity (Wildman–Crippen MR) is 98.1 cm³/mol. The van der Waals surface area contributed by atoms with Gasteiger partial charge >= 0.3 is 0 Å². The summed E-state index contributed by atoms with van der Waals surface area (Å²) in [6.45, 7) is -0.0364. The second-order valence-electron chi connectivity index (χ2n) is 5.73. The average Bonchev–Trinajstić information content (AvgIpc) is 2.69. The first-order chi connectivity index (χ1) is 13.0. The van der Waals surface area contributed by atoms with Crippen LogP contribution in [-0.4, -0.2) is 36.1 Å². The van der Waals surface area contributed by atoms with Gasteiger partial charge in [0.05, 0.1) is 0 Å². The Hall–Kier alpha value is -3.39. The molecule has 0 aromatic heterocycles. The molecule has 0 aliphatic rings. The largest absolute Gasteiger partial charge is 0.483 e. The number of carbonyl (C=O) groups excluding carboxylic acids is 3. The summed E-state index contributed by atoms with van der Waals surface area (Å²) in [7, 11) is 0. The zero-order chi connectivity index (χ0) is 19.6. The Labute approximate surface area is 156 Å². The minimum absolute atomic E-state index is 0.0939. The molecule has 0 heterocycles. The smallest absolute Gasteiger partial charge is 0.255 e. The van der Waals surface area contributed by atoms with Gasteiger partial charge < -0.3 is 15.8 Å². The number of benzene rings is 2. The lowest BCUT2D eigenvalue weighted by Gasteiger charge is -2.13. The van der Waals surface area contributed by atoms with Gasteiger partial charge in [-0.2, -0.15) is 0 Å². The van der Waals surface area contributed by atoms with Crippen LogP contribution >= 0.6 is 0 Å². The summed E-state index contributed by atoms with van der Waals surface area (Å²) in [5, 5.41) is 11.1. The standard InChI is InChI=1S/C19H21N3O5/c20-17(23)12-27-16-11-14(19(25)21-10-4-7-18(24)22-26)8-9-15(16)13-5-2-1-3-6-13/h1-3,5-6,8-9,11,26H,4,7,10,12H2,(H2,20,23)(H,21,25)(H,22,24).